The van der Waals surface area contributed by atoms with Crippen molar-refractivity contribution in [2.24, 2.45) is 0 Å². The van der Waals surface area contributed by atoms with E-state index in [4.69, 9.17) is 9.47 Å². The zero-order valence-corrected chi connectivity index (χ0v) is 9.98. The molecule has 0 unspecified atom stereocenters. The lowest BCUT2D eigenvalue weighted by atomic mass is 10.1. The van der Waals surface area contributed by atoms with Gasteiger partial charge in [0.2, 0.25) is 0 Å². The van der Waals surface area contributed by atoms with Crippen LogP contribution < -0.4 is 9.47 Å². The molecule has 0 heterocycles. The molecule has 0 aromatic heterocycles. The van der Waals surface area contributed by atoms with Crippen molar-refractivity contribution in [2.75, 3.05) is 14.2 Å². The van der Waals surface area contributed by atoms with Gasteiger partial charge in [0, 0.05) is 6.92 Å². The summed E-state index contributed by atoms with van der Waals surface area (Å²) in [6.45, 7) is 1.19. The SMILES string of the molecule is COc1ccc(CC(=O)OC(C)=O)cc1OC. The second kappa shape index (κ2) is 5.89. The minimum Gasteiger partial charge on any atom is -0.493 e. The van der Waals surface area contributed by atoms with Crippen molar-refractivity contribution in [3.8, 4) is 11.5 Å². The maximum absolute atomic E-state index is 11.3. The van der Waals surface area contributed by atoms with Crippen molar-refractivity contribution in [3.63, 3.8) is 0 Å². The second-order valence-corrected chi connectivity index (χ2v) is 3.33. The smallest absolute Gasteiger partial charge is 0.317 e. The fourth-order valence-corrected chi connectivity index (χ4v) is 1.35. The Hall–Kier alpha value is -2.04. The maximum Gasteiger partial charge on any atom is 0.317 e. The molecule has 0 atom stereocenters. The van der Waals surface area contributed by atoms with Crippen molar-refractivity contribution in [2.45, 2.75) is 13.3 Å². The molecule has 0 bridgehead atoms. The molecule has 92 valence electrons. The zero-order chi connectivity index (χ0) is 12.8. The van der Waals surface area contributed by atoms with Crippen LogP contribution in [0.2, 0.25) is 0 Å². The average Bonchev–Trinajstić information content (AvgIpc) is 2.27. The van der Waals surface area contributed by atoms with Gasteiger partial charge in [-0.25, -0.2) is 0 Å². The Morgan fingerprint density at radius 1 is 1.12 bits per heavy atom. The van der Waals surface area contributed by atoms with Gasteiger partial charge in [-0.1, -0.05) is 6.07 Å². The van der Waals surface area contributed by atoms with Gasteiger partial charge < -0.3 is 14.2 Å². The van der Waals surface area contributed by atoms with Crippen LogP contribution in [-0.4, -0.2) is 26.2 Å². The molecule has 0 spiro atoms. The van der Waals surface area contributed by atoms with Gasteiger partial charge in [0.1, 0.15) is 0 Å². The van der Waals surface area contributed by atoms with Gasteiger partial charge in [-0.2, -0.15) is 0 Å². The predicted octanol–water partition coefficient (Wildman–Crippen LogP) is 1.34. The minimum absolute atomic E-state index is 0.0138. The molecule has 1 aromatic carbocycles. The highest BCUT2D eigenvalue weighted by molar-refractivity contribution is 5.85. The third-order valence-electron chi connectivity index (χ3n) is 2.05. The Kier molecular flexibility index (Phi) is 4.51. The predicted molar refractivity (Wildman–Crippen MR) is 60.0 cm³/mol. The molecule has 0 radical (unpaired) electrons. The first-order valence-corrected chi connectivity index (χ1v) is 4.99. The molecule has 0 aliphatic carbocycles. The van der Waals surface area contributed by atoms with Gasteiger partial charge in [-0.05, 0) is 17.7 Å². The number of carbonyl (C=O) groups is 2. The summed E-state index contributed by atoms with van der Waals surface area (Å²) in [5.74, 6) is -0.1000. The molecule has 1 rings (SSSR count). The number of methoxy groups -OCH3 is 2. The first-order valence-electron chi connectivity index (χ1n) is 4.99. The van der Waals surface area contributed by atoms with Gasteiger partial charge in [-0.3, -0.25) is 9.59 Å². The Morgan fingerprint density at radius 3 is 2.29 bits per heavy atom. The van der Waals surface area contributed by atoms with Gasteiger partial charge in [0.05, 0.1) is 20.6 Å². The first-order chi connectivity index (χ1) is 8.06. The number of hydrogen-bond acceptors (Lipinski definition) is 5. The van der Waals surface area contributed by atoms with Crippen LogP contribution in [0.5, 0.6) is 11.5 Å². The Balaban J connectivity index is 2.79. The van der Waals surface area contributed by atoms with Crippen LogP contribution in [0, 0.1) is 0 Å². The highest BCUT2D eigenvalue weighted by Crippen LogP contribution is 2.27. The monoisotopic (exact) mass is 238 g/mol. The molecule has 0 amide bonds. The Labute approximate surface area is 99.3 Å². The van der Waals surface area contributed by atoms with E-state index >= 15 is 0 Å². The zero-order valence-electron chi connectivity index (χ0n) is 9.98. The maximum atomic E-state index is 11.3. The van der Waals surface area contributed by atoms with Crippen LogP contribution in [0.15, 0.2) is 18.2 Å². The highest BCUT2D eigenvalue weighted by atomic mass is 16.6. The van der Waals surface area contributed by atoms with Crippen LogP contribution in [0.3, 0.4) is 0 Å². The van der Waals surface area contributed by atoms with Crippen molar-refractivity contribution < 1.29 is 23.8 Å². The molecule has 17 heavy (non-hydrogen) atoms. The fourth-order valence-electron chi connectivity index (χ4n) is 1.35. The van der Waals surface area contributed by atoms with E-state index < -0.39 is 11.9 Å². The summed E-state index contributed by atoms with van der Waals surface area (Å²) in [5, 5.41) is 0. The topological polar surface area (TPSA) is 61.8 Å². The molecule has 0 aliphatic heterocycles. The molecule has 0 saturated heterocycles. The summed E-state index contributed by atoms with van der Waals surface area (Å²) in [6, 6.07) is 5.07. The van der Waals surface area contributed by atoms with E-state index in [-0.39, 0.29) is 6.42 Å². The first kappa shape index (κ1) is 13.0. The van der Waals surface area contributed by atoms with E-state index in [0.717, 1.165) is 0 Å². The largest absolute Gasteiger partial charge is 0.493 e. The normalized spacial score (nSPS) is 9.59. The summed E-state index contributed by atoms with van der Waals surface area (Å²) in [6.07, 6.45) is 0.0138. The van der Waals surface area contributed by atoms with E-state index in [9.17, 15) is 9.59 Å². The fraction of sp³-hybridized carbons (Fsp3) is 0.333. The standard InChI is InChI=1S/C12H14O5/c1-8(13)17-12(14)7-9-4-5-10(15-2)11(6-9)16-3/h4-6H,7H2,1-3H3. The third kappa shape index (κ3) is 3.79. The number of benzene rings is 1. The lowest BCUT2D eigenvalue weighted by molar-refractivity contribution is -0.157. The summed E-state index contributed by atoms with van der Waals surface area (Å²) in [5.41, 5.74) is 0.689. The molecular formula is C12H14O5. The van der Waals surface area contributed by atoms with Crippen molar-refractivity contribution >= 4 is 11.9 Å². The van der Waals surface area contributed by atoms with Crippen LogP contribution in [0.25, 0.3) is 0 Å². The number of hydrogen-bond donors (Lipinski definition) is 0. The van der Waals surface area contributed by atoms with Gasteiger partial charge >= 0.3 is 11.9 Å². The summed E-state index contributed by atoms with van der Waals surface area (Å²) in [4.78, 5) is 21.8. The van der Waals surface area contributed by atoms with Crippen molar-refractivity contribution in [3.05, 3.63) is 23.8 Å². The minimum atomic E-state index is -0.615. The number of carbonyl (C=O) groups excluding carboxylic acids is 2. The van der Waals surface area contributed by atoms with Crippen molar-refractivity contribution in [1.29, 1.82) is 0 Å². The van der Waals surface area contributed by atoms with Gasteiger partial charge in [0.15, 0.2) is 11.5 Å². The van der Waals surface area contributed by atoms with E-state index in [1.165, 1.54) is 21.1 Å². The molecule has 0 fully saturated rings. The molecule has 0 saturated carbocycles. The van der Waals surface area contributed by atoms with Crippen LogP contribution in [0.4, 0.5) is 0 Å². The van der Waals surface area contributed by atoms with E-state index in [1.807, 2.05) is 0 Å². The Bertz CT molecular complexity index is 425. The summed E-state index contributed by atoms with van der Waals surface area (Å²) in [7, 11) is 3.04. The molecule has 5 nitrogen and oxygen atoms in total. The molecule has 1 aromatic rings. The van der Waals surface area contributed by atoms with Crippen molar-refractivity contribution in [1.82, 2.24) is 0 Å². The molecule has 5 heteroatoms. The molecular weight excluding hydrogens is 224 g/mol. The van der Waals surface area contributed by atoms with E-state index in [0.29, 0.717) is 17.1 Å². The number of rotatable bonds is 4. The highest BCUT2D eigenvalue weighted by Gasteiger charge is 2.10. The van der Waals surface area contributed by atoms with E-state index in [1.54, 1.807) is 18.2 Å². The third-order valence-corrected chi connectivity index (χ3v) is 2.05. The number of ether oxygens (including phenoxy) is 3. The van der Waals surface area contributed by atoms with Gasteiger partial charge in [0.25, 0.3) is 0 Å². The van der Waals surface area contributed by atoms with Gasteiger partial charge in [-0.15, -0.1) is 0 Å². The lowest BCUT2D eigenvalue weighted by Crippen LogP contribution is -2.11. The van der Waals surface area contributed by atoms with Crippen LogP contribution in [0.1, 0.15) is 12.5 Å². The molecule has 0 N–H and O–H groups in total. The number of esters is 2. The second-order valence-electron chi connectivity index (χ2n) is 3.33. The summed E-state index contributed by atoms with van der Waals surface area (Å²) >= 11 is 0. The molecule has 0 aliphatic rings. The average molecular weight is 238 g/mol. The van der Waals surface area contributed by atoms with Crippen LogP contribution >= 0.6 is 0 Å². The lowest BCUT2D eigenvalue weighted by Gasteiger charge is -2.08. The quantitative estimate of drug-likeness (QED) is 0.585. The van der Waals surface area contributed by atoms with E-state index in [2.05, 4.69) is 4.74 Å². The summed E-state index contributed by atoms with van der Waals surface area (Å²) < 4.78 is 14.6. The Morgan fingerprint density at radius 2 is 1.76 bits per heavy atom. The van der Waals surface area contributed by atoms with Crippen LogP contribution in [-0.2, 0) is 20.7 Å².